The summed E-state index contributed by atoms with van der Waals surface area (Å²) < 4.78 is 0. The van der Waals surface area contributed by atoms with Crippen LogP contribution in [0.4, 0.5) is 0 Å². The normalized spacial score (nSPS) is 18.6. The Balaban J connectivity index is 2.41. The molecule has 2 nitrogen and oxygen atoms in total. The molecule has 0 atom stereocenters. The van der Waals surface area contributed by atoms with Gasteiger partial charge in [-0.3, -0.25) is 0 Å². The van der Waals surface area contributed by atoms with Crippen molar-refractivity contribution in [2.24, 2.45) is 0 Å². The number of aromatic hydroxyl groups is 1. The van der Waals surface area contributed by atoms with E-state index in [1.807, 2.05) is 0 Å². The Morgan fingerprint density at radius 3 is 2.54 bits per heavy atom. The highest BCUT2D eigenvalue weighted by Crippen LogP contribution is 2.50. The Kier molecular flexibility index (Phi) is 1.97. The fraction of sp³-hybridized carbons (Fsp3) is 0.400. The van der Waals surface area contributed by atoms with E-state index in [0.29, 0.717) is 5.02 Å². The van der Waals surface area contributed by atoms with Gasteiger partial charge in [0.25, 0.3) is 0 Å². The zero-order valence-corrected chi connectivity index (χ0v) is 7.88. The van der Waals surface area contributed by atoms with Crippen molar-refractivity contribution in [2.75, 3.05) is 6.61 Å². The second-order valence-electron chi connectivity index (χ2n) is 3.60. The number of rotatable bonds is 2. The van der Waals surface area contributed by atoms with Crippen LogP contribution in [0.3, 0.4) is 0 Å². The van der Waals surface area contributed by atoms with E-state index >= 15 is 0 Å². The molecule has 2 rings (SSSR count). The van der Waals surface area contributed by atoms with Crippen LogP contribution in [-0.4, -0.2) is 16.8 Å². The third-order valence-electron chi connectivity index (χ3n) is 2.69. The molecule has 1 aromatic rings. The average molecular weight is 199 g/mol. The van der Waals surface area contributed by atoms with Gasteiger partial charge in [-0.05, 0) is 25.0 Å². The molecular formula is C10H11ClO2. The Labute approximate surface area is 81.8 Å². The molecular weight excluding hydrogens is 188 g/mol. The van der Waals surface area contributed by atoms with Gasteiger partial charge in [0.05, 0.1) is 6.61 Å². The summed E-state index contributed by atoms with van der Waals surface area (Å²) >= 11 is 5.71. The van der Waals surface area contributed by atoms with Gasteiger partial charge in [0, 0.05) is 16.0 Å². The molecule has 0 unspecified atom stereocenters. The zero-order chi connectivity index (χ0) is 9.47. The molecule has 0 radical (unpaired) electrons. The smallest absolute Gasteiger partial charge is 0.120 e. The van der Waals surface area contributed by atoms with Crippen LogP contribution in [0.25, 0.3) is 0 Å². The third kappa shape index (κ3) is 1.40. The molecule has 0 aromatic heterocycles. The van der Waals surface area contributed by atoms with Crippen molar-refractivity contribution < 1.29 is 10.2 Å². The number of benzene rings is 1. The number of halogens is 1. The Hall–Kier alpha value is -0.730. The van der Waals surface area contributed by atoms with Crippen LogP contribution < -0.4 is 0 Å². The molecule has 0 amide bonds. The molecule has 0 aliphatic heterocycles. The van der Waals surface area contributed by atoms with Crippen molar-refractivity contribution >= 4 is 11.6 Å². The number of aliphatic hydroxyl groups is 1. The quantitative estimate of drug-likeness (QED) is 0.764. The van der Waals surface area contributed by atoms with Crippen LogP contribution in [0, 0.1) is 0 Å². The number of phenolic OH excluding ortho intramolecular Hbond substituents is 1. The van der Waals surface area contributed by atoms with Gasteiger partial charge in [-0.25, -0.2) is 0 Å². The molecule has 0 bridgehead atoms. The number of hydrogen-bond acceptors (Lipinski definition) is 2. The summed E-state index contributed by atoms with van der Waals surface area (Å²) in [5.74, 6) is 0.194. The van der Waals surface area contributed by atoms with Gasteiger partial charge in [0.1, 0.15) is 5.75 Å². The average Bonchev–Trinajstić information content (AvgIpc) is 2.85. The number of aliphatic hydroxyl groups excluding tert-OH is 1. The molecule has 0 spiro atoms. The van der Waals surface area contributed by atoms with Crippen LogP contribution in [0.15, 0.2) is 18.2 Å². The summed E-state index contributed by atoms with van der Waals surface area (Å²) in [7, 11) is 0. The minimum absolute atomic E-state index is 0.0994. The van der Waals surface area contributed by atoms with Crippen molar-refractivity contribution in [3.8, 4) is 5.75 Å². The van der Waals surface area contributed by atoms with E-state index in [1.54, 1.807) is 12.1 Å². The number of hydrogen-bond donors (Lipinski definition) is 2. The first kappa shape index (κ1) is 8.85. The lowest BCUT2D eigenvalue weighted by molar-refractivity contribution is 0.252. The molecule has 3 heteroatoms. The minimum atomic E-state index is -0.186. The first-order valence-corrected chi connectivity index (χ1v) is 4.66. The van der Waals surface area contributed by atoms with Gasteiger partial charge in [0.15, 0.2) is 0 Å². The summed E-state index contributed by atoms with van der Waals surface area (Å²) in [6, 6.07) is 5.06. The van der Waals surface area contributed by atoms with E-state index in [1.165, 1.54) is 6.07 Å². The van der Waals surface area contributed by atoms with Gasteiger partial charge in [-0.15, -0.1) is 0 Å². The van der Waals surface area contributed by atoms with Crippen LogP contribution in [-0.2, 0) is 5.41 Å². The van der Waals surface area contributed by atoms with Gasteiger partial charge in [0.2, 0.25) is 0 Å². The summed E-state index contributed by atoms with van der Waals surface area (Å²) in [4.78, 5) is 0. The maximum atomic E-state index is 9.60. The van der Waals surface area contributed by atoms with E-state index in [4.69, 9.17) is 16.7 Å². The predicted octanol–water partition coefficient (Wildman–Crippen LogP) is 2.07. The Morgan fingerprint density at radius 1 is 1.38 bits per heavy atom. The van der Waals surface area contributed by atoms with E-state index in [2.05, 4.69) is 0 Å². The van der Waals surface area contributed by atoms with E-state index in [9.17, 15) is 5.11 Å². The monoisotopic (exact) mass is 198 g/mol. The SMILES string of the molecule is OCC1(c2ccc(Cl)cc2O)CC1. The molecule has 0 saturated heterocycles. The summed E-state index contributed by atoms with van der Waals surface area (Å²) in [5.41, 5.74) is 0.633. The fourth-order valence-corrected chi connectivity index (χ4v) is 1.78. The van der Waals surface area contributed by atoms with Crippen molar-refractivity contribution in [3.05, 3.63) is 28.8 Å². The van der Waals surface area contributed by atoms with E-state index in [-0.39, 0.29) is 17.8 Å². The maximum Gasteiger partial charge on any atom is 0.120 e. The van der Waals surface area contributed by atoms with E-state index in [0.717, 1.165) is 18.4 Å². The molecule has 70 valence electrons. The molecule has 1 aliphatic carbocycles. The van der Waals surface area contributed by atoms with E-state index < -0.39 is 0 Å². The zero-order valence-electron chi connectivity index (χ0n) is 7.13. The minimum Gasteiger partial charge on any atom is -0.508 e. The highest BCUT2D eigenvalue weighted by molar-refractivity contribution is 6.30. The Morgan fingerprint density at radius 2 is 2.08 bits per heavy atom. The van der Waals surface area contributed by atoms with Gasteiger partial charge in [-0.2, -0.15) is 0 Å². The second-order valence-corrected chi connectivity index (χ2v) is 4.04. The van der Waals surface area contributed by atoms with Crippen molar-refractivity contribution in [1.29, 1.82) is 0 Å². The summed E-state index contributed by atoms with van der Waals surface area (Å²) in [6.07, 6.45) is 1.89. The molecule has 0 heterocycles. The van der Waals surface area contributed by atoms with Gasteiger partial charge >= 0.3 is 0 Å². The standard InChI is InChI=1S/C10H11ClO2/c11-7-1-2-8(9(13)5-7)10(6-12)3-4-10/h1-2,5,12-13H,3-4,6H2. The van der Waals surface area contributed by atoms with Gasteiger partial charge < -0.3 is 10.2 Å². The molecule has 1 aromatic carbocycles. The largest absolute Gasteiger partial charge is 0.508 e. The predicted molar refractivity (Wildman–Crippen MR) is 51.1 cm³/mol. The Bertz CT molecular complexity index is 332. The molecule has 2 N–H and O–H groups in total. The highest BCUT2D eigenvalue weighted by Gasteiger charge is 2.45. The first-order valence-electron chi connectivity index (χ1n) is 4.28. The van der Waals surface area contributed by atoms with Crippen LogP contribution >= 0.6 is 11.6 Å². The van der Waals surface area contributed by atoms with Crippen LogP contribution in [0.2, 0.25) is 5.02 Å². The molecule has 1 saturated carbocycles. The molecule has 1 aliphatic rings. The van der Waals surface area contributed by atoms with Crippen LogP contribution in [0.1, 0.15) is 18.4 Å². The maximum absolute atomic E-state index is 9.60. The molecule has 1 fully saturated rings. The highest BCUT2D eigenvalue weighted by atomic mass is 35.5. The lowest BCUT2D eigenvalue weighted by atomic mass is 9.96. The summed E-state index contributed by atoms with van der Waals surface area (Å²) in [6.45, 7) is 0.0994. The van der Waals surface area contributed by atoms with Crippen molar-refractivity contribution in [1.82, 2.24) is 0 Å². The second kappa shape index (κ2) is 2.89. The summed E-state index contributed by atoms with van der Waals surface area (Å²) in [5, 5.41) is 19.3. The van der Waals surface area contributed by atoms with Crippen LogP contribution in [0.5, 0.6) is 5.75 Å². The third-order valence-corrected chi connectivity index (χ3v) is 2.92. The number of phenols is 1. The topological polar surface area (TPSA) is 40.5 Å². The van der Waals surface area contributed by atoms with Crippen molar-refractivity contribution in [2.45, 2.75) is 18.3 Å². The lowest BCUT2D eigenvalue weighted by Gasteiger charge is -2.13. The first-order chi connectivity index (χ1) is 6.18. The van der Waals surface area contributed by atoms with Crippen molar-refractivity contribution in [3.63, 3.8) is 0 Å². The lowest BCUT2D eigenvalue weighted by Crippen LogP contribution is -2.11. The van der Waals surface area contributed by atoms with Gasteiger partial charge in [-0.1, -0.05) is 17.7 Å². The fourth-order valence-electron chi connectivity index (χ4n) is 1.62. The molecule has 13 heavy (non-hydrogen) atoms.